The molecule has 2 aromatic heterocycles. The van der Waals surface area contributed by atoms with Gasteiger partial charge in [0.1, 0.15) is 49.4 Å². The summed E-state index contributed by atoms with van der Waals surface area (Å²) in [5, 5.41) is 23.9. The highest BCUT2D eigenvalue weighted by molar-refractivity contribution is 6.90. The lowest BCUT2D eigenvalue weighted by Crippen LogP contribution is -2.52. The number of aliphatic hydroxyl groups is 1. The Balaban J connectivity index is 1.43. The Morgan fingerprint density at radius 2 is 1.82 bits per heavy atom. The van der Waals surface area contributed by atoms with Gasteiger partial charge in [0, 0.05) is 50.3 Å². The maximum Gasteiger partial charge on any atom is 0.404 e. The van der Waals surface area contributed by atoms with Gasteiger partial charge in [-0.2, -0.15) is 9.97 Å². The predicted octanol–water partition coefficient (Wildman–Crippen LogP) is 7.84. The number of aliphatic hydroxyl groups excluding tert-OH is 1. The first-order valence-electron chi connectivity index (χ1n) is 20.8. The van der Waals surface area contributed by atoms with E-state index in [2.05, 4.69) is 73.2 Å². The normalized spacial score (nSPS) is 22.2. The first kappa shape index (κ1) is 43.4. The van der Waals surface area contributed by atoms with Crippen molar-refractivity contribution in [1.82, 2.24) is 25.2 Å². The third-order valence-corrected chi connectivity index (χ3v) is 19.1. The highest BCUT2D eigenvalue weighted by Crippen LogP contribution is 2.44. The van der Waals surface area contributed by atoms with E-state index in [1.54, 1.807) is 23.1 Å². The molecule has 3 aliphatic rings. The minimum Gasteiger partial charge on any atom is -0.468 e. The van der Waals surface area contributed by atoms with Crippen LogP contribution in [0, 0.1) is 23.1 Å². The molecule has 7 rings (SSSR count). The number of benzene rings is 2. The number of piperidine rings is 1. The summed E-state index contributed by atoms with van der Waals surface area (Å²) in [5.41, 5.74) is 3.94. The van der Waals surface area contributed by atoms with Crippen molar-refractivity contribution in [1.29, 1.82) is 0 Å². The molecule has 322 valence electrons. The fourth-order valence-corrected chi connectivity index (χ4v) is 15.4. The van der Waals surface area contributed by atoms with E-state index in [9.17, 15) is 19.4 Å². The quantitative estimate of drug-likeness (QED) is 0.0730. The van der Waals surface area contributed by atoms with Crippen LogP contribution in [0.5, 0.6) is 11.8 Å². The van der Waals surface area contributed by atoms with Gasteiger partial charge in [0.25, 0.3) is 0 Å². The third-order valence-electron chi connectivity index (χ3n) is 12.8. The van der Waals surface area contributed by atoms with Gasteiger partial charge in [0.05, 0.1) is 28.6 Å². The van der Waals surface area contributed by atoms with Crippen LogP contribution in [0.15, 0.2) is 30.5 Å². The van der Waals surface area contributed by atoms with Crippen molar-refractivity contribution in [2.75, 3.05) is 51.6 Å². The van der Waals surface area contributed by atoms with Crippen molar-refractivity contribution in [3.8, 4) is 34.5 Å². The number of aromatic nitrogens is 3. The summed E-state index contributed by atoms with van der Waals surface area (Å²) in [6.45, 7) is 14.3. The molecule has 12 nitrogen and oxygen atoms in total. The number of fused-ring (bicyclic) bond motifs is 3. The fraction of sp³-hybridized carbons (Fsp3) is 0.545. The van der Waals surface area contributed by atoms with Gasteiger partial charge in [0.2, 0.25) is 0 Å². The van der Waals surface area contributed by atoms with E-state index in [4.69, 9.17) is 19.2 Å². The van der Waals surface area contributed by atoms with Crippen LogP contribution in [-0.2, 0) is 4.74 Å². The Morgan fingerprint density at radius 1 is 1.07 bits per heavy atom. The average Bonchev–Trinajstić information content (AvgIpc) is 3.71. The number of carbonyl (C=O) groups is 1. The highest BCUT2D eigenvalue weighted by atomic mass is 28.3. The maximum absolute atomic E-state index is 17.6. The molecule has 4 atom stereocenters. The van der Waals surface area contributed by atoms with Gasteiger partial charge in [0.15, 0.2) is 12.6 Å². The molecule has 1 amide bonds. The standard InChI is InChI=1S/C44H55F3N6O6Si/c1-25(2)60(26(3)4,27(5)6)14-11-33-36(46)10-9-28-15-32(59-24-57-7)17-34(37(28)33)39-38(47)40-35(19-48-39)41(52-21-30(49-43(55)56)16-31(54)22-52)51-42(50-40)58-23-44-12-8-13-53(44)20-29(45)18-44/h9-10,15,17,19,25-27,29-31,49,54H,8,12-13,16,18,20-24H2,1-7H3,(H,55,56)/t29-,30+,31+,44+/m1/s1. The lowest BCUT2D eigenvalue weighted by molar-refractivity contribution is 0.0512. The van der Waals surface area contributed by atoms with Gasteiger partial charge in [-0.15, -0.1) is 5.54 Å². The molecule has 0 radical (unpaired) electrons. The Kier molecular flexibility index (Phi) is 12.6. The largest absolute Gasteiger partial charge is 0.468 e. The number of ether oxygens (including phenoxy) is 3. The molecule has 0 bridgehead atoms. The summed E-state index contributed by atoms with van der Waals surface area (Å²) in [5.74, 6) is 2.38. The number of alkyl halides is 1. The molecule has 16 heteroatoms. The van der Waals surface area contributed by atoms with Crippen LogP contribution in [0.25, 0.3) is 32.9 Å². The summed E-state index contributed by atoms with van der Waals surface area (Å²) in [6, 6.07) is 5.44. The molecule has 4 aromatic rings. The number of β-amino-alcohol motifs (C(OH)–C–C–N with tert-alkyl or cyclic N) is 1. The lowest BCUT2D eigenvalue weighted by atomic mass is 9.95. The van der Waals surface area contributed by atoms with Crippen molar-refractivity contribution in [2.45, 2.75) is 108 Å². The van der Waals surface area contributed by atoms with Gasteiger partial charge in [-0.05, 0) is 66.0 Å². The maximum atomic E-state index is 17.6. The highest BCUT2D eigenvalue weighted by Gasteiger charge is 2.49. The second kappa shape index (κ2) is 17.4. The lowest BCUT2D eigenvalue weighted by Gasteiger charge is -2.38. The first-order valence-corrected chi connectivity index (χ1v) is 23.0. The van der Waals surface area contributed by atoms with Gasteiger partial charge >= 0.3 is 12.1 Å². The minimum absolute atomic E-state index is 0.0622. The summed E-state index contributed by atoms with van der Waals surface area (Å²) in [4.78, 5) is 29.3. The third kappa shape index (κ3) is 8.21. The van der Waals surface area contributed by atoms with Crippen LogP contribution in [0.2, 0.25) is 16.6 Å². The zero-order valence-electron chi connectivity index (χ0n) is 35.3. The molecule has 2 aromatic carbocycles. The van der Waals surface area contributed by atoms with E-state index in [0.29, 0.717) is 29.5 Å². The van der Waals surface area contributed by atoms with Crippen LogP contribution < -0.4 is 19.7 Å². The smallest absolute Gasteiger partial charge is 0.404 e. The Bertz CT molecular complexity index is 2300. The van der Waals surface area contributed by atoms with E-state index in [0.717, 1.165) is 19.4 Å². The average molecular weight is 849 g/mol. The molecule has 0 aliphatic carbocycles. The molecule has 60 heavy (non-hydrogen) atoms. The van der Waals surface area contributed by atoms with Crippen molar-refractivity contribution in [3.63, 3.8) is 0 Å². The number of anilines is 1. The van der Waals surface area contributed by atoms with Crippen molar-refractivity contribution >= 4 is 41.7 Å². The van der Waals surface area contributed by atoms with Gasteiger partial charge in [-0.1, -0.05) is 53.5 Å². The molecule has 3 N–H and O–H groups in total. The number of carboxylic acid groups (broad SMARTS) is 1. The SMILES string of the molecule is COCOc1cc(-c2ncc3c(N4C[C@@H](O)C[C@H](NC(=O)O)C4)nc(OC[C@@]45CCCN4C[C@H](F)C5)nc3c2F)c2c(C#C[Si](C(C)C)(C(C)C)C(C)C)c(F)ccc2c1. The van der Waals surface area contributed by atoms with Crippen LogP contribution in [-0.4, -0.2) is 115 Å². The molecular formula is C44H55F3N6O6Si. The zero-order chi connectivity index (χ0) is 43.1. The number of amides is 1. The minimum atomic E-state index is -2.34. The monoisotopic (exact) mass is 848 g/mol. The number of hydrogen-bond acceptors (Lipinski definition) is 10. The molecule has 3 aliphatic heterocycles. The van der Waals surface area contributed by atoms with Crippen molar-refractivity contribution < 1.29 is 42.4 Å². The topological polar surface area (TPSA) is 142 Å². The molecule has 3 fully saturated rings. The number of rotatable bonds is 12. The number of nitrogens with one attached hydrogen (secondary N) is 1. The number of pyridine rings is 1. The first-order chi connectivity index (χ1) is 28.6. The summed E-state index contributed by atoms with van der Waals surface area (Å²) in [6.07, 6.45) is 0.304. The molecule has 0 unspecified atom stereocenters. The van der Waals surface area contributed by atoms with Crippen molar-refractivity contribution in [2.24, 2.45) is 0 Å². The predicted molar refractivity (Wildman–Crippen MR) is 227 cm³/mol. The fourth-order valence-electron chi connectivity index (χ4n) is 10.2. The zero-order valence-corrected chi connectivity index (χ0v) is 36.3. The molecule has 5 heterocycles. The van der Waals surface area contributed by atoms with E-state index >= 15 is 8.78 Å². The van der Waals surface area contributed by atoms with E-state index in [1.165, 1.54) is 19.4 Å². The number of hydrogen-bond donors (Lipinski definition) is 3. The molecular weight excluding hydrogens is 794 g/mol. The second-order valence-corrected chi connectivity index (χ2v) is 23.1. The number of methoxy groups -OCH3 is 1. The molecule has 0 saturated carbocycles. The van der Waals surface area contributed by atoms with E-state index in [-0.39, 0.29) is 89.1 Å². The number of nitrogens with zero attached hydrogens (tertiary/aromatic N) is 5. The van der Waals surface area contributed by atoms with E-state index in [1.807, 2.05) is 0 Å². The summed E-state index contributed by atoms with van der Waals surface area (Å²) >= 11 is 0. The summed E-state index contributed by atoms with van der Waals surface area (Å²) in [7, 11) is -0.864. The molecule has 3 saturated heterocycles. The van der Waals surface area contributed by atoms with Crippen LogP contribution >= 0.6 is 0 Å². The van der Waals surface area contributed by atoms with Crippen molar-refractivity contribution in [3.05, 3.63) is 47.7 Å². The van der Waals surface area contributed by atoms with Crippen LogP contribution in [0.4, 0.5) is 23.8 Å². The Morgan fingerprint density at radius 3 is 2.52 bits per heavy atom. The van der Waals surface area contributed by atoms with Crippen LogP contribution in [0.3, 0.4) is 0 Å². The Labute approximate surface area is 349 Å². The molecule has 0 spiro atoms. The van der Waals surface area contributed by atoms with Gasteiger partial charge in [-0.3, -0.25) is 9.88 Å². The van der Waals surface area contributed by atoms with Gasteiger partial charge in [-0.25, -0.2) is 18.0 Å². The number of halogens is 3. The Hall–Kier alpha value is -4.69. The van der Waals surface area contributed by atoms with E-state index < -0.39 is 49.7 Å². The summed E-state index contributed by atoms with van der Waals surface area (Å²) < 4.78 is 65.9. The second-order valence-electron chi connectivity index (χ2n) is 17.5. The van der Waals surface area contributed by atoms with Gasteiger partial charge < -0.3 is 34.6 Å². The van der Waals surface area contributed by atoms with Crippen LogP contribution in [0.1, 0.15) is 72.8 Å².